The minimum Gasteiger partial charge on any atom is -0.338 e. The maximum atomic E-state index is 12.7. The van der Waals surface area contributed by atoms with Crippen molar-refractivity contribution in [2.24, 2.45) is 11.8 Å². The van der Waals surface area contributed by atoms with Crippen LogP contribution in [0, 0.1) is 11.8 Å². The Hall–Kier alpha value is -1.35. The zero-order valence-electron chi connectivity index (χ0n) is 11.9. The van der Waals surface area contributed by atoms with Gasteiger partial charge >= 0.3 is 0 Å². The summed E-state index contributed by atoms with van der Waals surface area (Å²) in [7, 11) is 0. The molecule has 1 aliphatic carbocycles. The molecule has 3 heteroatoms. The van der Waals surface area contributed by atoms with E-state index >= 15 is 0 Å². The first-order valence-corrected chi connectivity index (χ1v) is 7.93. The van der Waals surface area contributed by atoms with Crippen LogP contribution in [0.5, 0.6) is 0 Å². The van der Waals surface area contributed by atoms with Crippen molar-refractivity contribution in [2.45, 2.75) is 38.8 Å². The predicted molar refractivity (Wildman–Crippen MR) is 78.3 cm³/mol. The summed E-state index contributed by atoms with van der Waals surface area (Å²) in [6, 6.07) is 6.22. The number of carbonyl (C=O) groups excluding carboxylic acids is 1. The number of likely N-dealkylation sites (tertiary alicyclic amines) is 1. The Morgan fingerprint density at radius 3 is 2.50 bits per heavy atom. The van der Waals surface area contributed by atoms with Crippen LogP contribution in [-0.4, -0.2) is 23.9 Å². The molecule has 2 aliphatic heterocycles. The van der Waals surface area contributed by atoms with Gasteiger partial charge in [0, 0.05) is 31.7 Å². The molecule has 0 radical (unpaired) electrons. The summed E-state index contributed by atoms with van der Waals surface area (Å²) < 4.78 is 0. The fraction of sp³-hybridized carbons (Fsp3) is 0.588. The van der Waals surface area contributed by atoms with Crippen LogP contribution in [0.25, 0.3) is 0 Å². The average molecular weight is 270 g/mol. The summed E-state index contributed by atoms with van der Waals surface area (Å²) in [6.45, 7) is 3.82. The smallest absolute Gasteiger partial charge is 0.253 e. The van der Waals surface area contributed by atoms with Gasteiger partial charge in [0.1, 0.15) is 0 Å². The Kier molecular flexibility index (Phi) is 3.03. The molecular weight excluding hydrogens is 248 g/mol. The Balaban J connectivity index is 1.53. The van der Waals surface area contributed by atoms with Gasteiger partial charge in [-0.05, 0) is 47.9 Å². The first-order valence-electron chi connectivity index (χ1n) is 7.93. The standard InChI is InChI=1S/C17H22N2O/c20-17(12-5-6-13-8-18-9-16(13)7-12)19-10-14-3-1-2-4-15(14)11-19/h5-7,14-15,18H,1-4,8-11H2. The minimum atomic E-state index is 0.245. The van der Waals surface area contributed by atoms with Crippen LogP contribution < -0.4 is 5.32 Å². The molecule has 3 nitrogen and oxygen atoms in total. The maximum Gasteiger partial charge on any atom is 0.253 e. The fourth-order valence-electron chi connectivity index (χ4n) is 4.18. The third-order valence-corrected chi connectivity index (χ3v) is 5.35. The maximum absolute atomic E-state index is 12.7. The Morgan fingerprint density at radius 1 is 1.05 bits per heavy atom. The second-order valence-corrected chi connectivity index (χ2v) is 6.60. The SMILES string of the molecule is O=C(c1ccc2c(c1)CNC2)N1CC2CCCCC2C1. The van der Waals surface area contributed by atoms with E-state index in [1.807, 2.05) is 6.07 Å². The molecule has 3 aliphatic rings. The summed E-state index contributed by atoms with van der Waals surface area (Å²) in [5, 5.41) is 3.34. The lowest BCUT2D eigenvalue weighted by Crippen LogP contribution is -2.29. The molecule has 0 bridgehead atoms. The fourth-order valence-corrected chi connectivity index (χ4v) is 4.18. The quantitative estimate of drug-likeness (QED) is 0.850. The largest absolute Gasteiger partial charge is 0.338 e. The van der Waals surface area contributed by atoms with Crippen molar-refractivity contribution in [2.75, 3.05) is 13.1 Å². The highest BCUT2D eigenvalue weighted by Gasteiger charge is 2.36. The van der Waals surface area contributed by atoms with Gasteiger partial charge in [-0.1, -0.05) is 18.9 Å². The van der Waals surface area contributed by atoms with Crippen LogP contribution in [0.2, 0.25) is 0 Å². The lowest BCUT2D eigenvalue weighted by atomic mass is 9.82. The minimum absolute atomic E-state index is 0.245. The van der Waals surface area contributed by atoms with E-state index in [1.165, 1.54) is 36.8 Å². The molecule has 2 atom stereocenters. The van der Waals surface area contributed by atoms with Gasteiger partial charge in [-0.3, -0.25) is 4.79 Å². The normalized spacial score (nSPS) is 28.3. The molecule has 1 aromatic rings. The Labute approximate surface area is 120 Å². The van der Waals surface area contributed by atoms with Crippen LogP contribution in [0.3, 0.4) is 0 Å². The third-order valence-electron chi connectivity index (χ3n) is 5.35. The van der Waals surface area contributed by atoms with Crippen LogP contribution in [0.15, 0.2) is 18.2 Å². The highest BCUT2D eigenvalue weighted by Crippen LogP contribution is 2.36. The number of amides is 1. The topological polar surface area (TPSA) is 32.3 Å². The molecule has 2 heterocycles. The van der Waals surface area contributed by atoms with E-state index in [0.29, 0.717) is 0 Å². The van der Waals surface area contributed by atoms with Gasteiger partial charge in [-0.15, -0.1) is 0 Å². The van der Waals surface area contributed by atoms with Gasteiger partial charge in [-0.2, -0.15) is 0 Å². The molecular formula is C17H22N2O. The molecule has 1 saturated heterocycles. The van der Waals surface area contributed by atoms with E-state index in [-0.39, 0.29) is 5.91 Å². The molecule has 106 valence electrons. The van der Waals surface area contributed by atoms with E-state index < -0.39 is 0 Å². The Morgan fingerprint density at radius 2 is 1.75 bits per heavy atom. The van der Waals surface area contributed by atoms with Crippen molar-refractivity contribution < 1.29 is 4.79 Å². The van der Waals surface area contributed by atoms with Crippen molar-refractivity contribution in [3.63, 3.8) is 0 Å². The molecule has 2 unspecified atom stereocenters. The molecule has 1 aromatic carbocycles. The molecule has 0 aromatic heterocycles. The Bertz CT molecular complexity index is 526. The summed E-state index contributed by atoms with van der Waals surface area (Å²) in [5.41, 5.74) is 3.52. The van der Waals surface area contributed by atoms with Gasteiger partial charge in [0.05, 0.1) is 0 Å². The van der Waals surface area contributed by atoms with Crippen molar-refractivity contribution in [1.82, 2.24) is 10.2 Å². The van der Waals surface area contributed by atoms with E-state index in [2.05, 4.69) is 22.3 Å². The highest BCUT2D eigenvalue weighted by atomic mass is 16.2. The van der Waals surface area contributed by atoms with Crippen molar-refractivity contribution in [1.29, 1.82) is 0 Å². The monoisotopic (exact) mass is 270 g/mol. The summed E-state index contributed by atoms with van der Waals surface area (Å²) in [4.78, 5) is 14.8. The third kappa shape index (κ3) is 2.05. The number of hydrogen-bond acceptors (Lipinski definition) is 2. The van der Waals surface area contributed by atoms with Crippen molar-refractivity contribution in [3.05, 3.63) is 34.9 Å². The van der Waals surface area contributed by atoms with Crippen LogP contribution in [-0.2, 0) is 13.1 Å². The predicted octanol–water partition coefficient (Wildman–Crippen LogP) is 2.55. The molecule has 0 spiro atoms. The zero-order chi connectivity index (χ0) is 13.5. The lowest BCUT2D eigenvalue weighted by Gasteiger charge is -2.22. The van der Waals surface area contributed by atoms with Gasteiger partial charge in [0.2, 0.25) is 0 Å². The van der Waals surface area contributed by atoms with Gasteiger partial charge in [0.25, 0.3) is 5.91 Å². The second kappa shape index (κ2) is 4.88. The van der Waals surface area contributed by atoms with Gasteiger partial charge < -0.3 is 10.2 Å². The lowest BCUT2D eigenvalue weighted by molar-refractivity contribution is 0.0784. The van der Waals surface area contributed by atoms with Gasteiger partial charge in [-0.25, -0.2) is 0 Å². The molecule has 1 saturated carbocycles. The number of fused-ring (bicyclic) bond motifs is 2. The van der Waals surface area contributed by atoms with Crippen molar-refractivity contribution in [3.8, 4) is 0 Å². The van der Waals surface area contributed by atoms with E-state index in [9.17, 15) is 4.79 Å². The average Bonchev–Trinajstić information content (AvgIpc) is 3.11. The number of benzene rings is 1. The van der Waals surface area contributed by atoms with E-state index in [0.717, 1.165) is 43.6 Å². The number of rotatable bonds is 1. The zero-order valence-corrected chi connectivity index (χ0v) is 11.9. The van der Waals surface area contributed by atoms with E-state index in [4.69, 9.17) is 0 Å². The first kappa shape index (κ1) is 12.4. The molecule has 20 heavy (non-hydrogen) atoms. The van der Waals surface area contributed by atoms with Crippen molar-refractivity contribution >= 4 is 5.91 Å². The van der Waals surface area contributed by atoms with Crippen LogP contribution in [0.4, 0.5) is 0 Å². The number of carbonyl (C=O) groups is 1. The van der Waals surface area contributed by atoms with E-state index in [1.54, 1.807) is 0 Å². The second-order valence-electron chi connectivity index (χ2n) is 6.60. The summed E-state index contributed by atoms with van der Waals surface area (Å²) >= 11 is 0. The van der Waals surface area contributed by atoms with Crippen LogP contribution in [0.1, 0.15) is 47.2 Å². The van der Waals surface area contributed by atoms with Gasteiger partial charge in [0.15, 0.2) is 0 Å². The summed E-state index contributed by atoms with van der Waals surface area (Å²) in [5.74, 6) is 1.78. The highest BCUT2D eigenvalue weighted by molar-refractivity contribution is 5.94. The molecule has 2 fully saturated rings. The number of nitrogens with one attached hydrogen (secondary N) is 1. The summed E-state index contributed by atoms with van der Waals surface area (Å²) in [6.07, 6.45) is 5.35. The molecule has 4 rings (SSSR count). The molecule has 1 amide bonds. The number of nitrogens with zero attached hydrogens (tertiary/aromatic N) is 1. The number of hydrogen-bond donors (Lipinski definition) is 1. The molecule has 1 N–H and O–H groups in total. The first-order chi connectivity index (χ1) is 9.81. The van der Waals surface area contributed by atoms with Crippen LogP contribution >= 0.6 is 0 Å².